The first-order valence-corrected chi connectivity index (χ1v) is 8.55. The molecule has 1 aromatic rings. The molecule has 7 heteroatoms. The number of anilines is 1. The lowest BCUT2D eigenvalue weighted by Gasteiger charge is -2.17. The Morgan fingerprint density at radius 2 is 2.05 bits per heavy atom. The molecular formula is C14H23N3O3S. The molecule has 1 aromatic carbocycles. The minimum atomic E-state index is -3.35. The maximum absolute atomic E-state index is 12.2. The van der Waals surface area contributed by atoms with Crippen LogP contribution in [-0.2, 0) is 10.0 Å². The molecule has 0 aliphatic rings. The quantitative estimate of drug-likeness (QED) is 0.754. The molecule has 118 valence electrons. The molecule has 0 aliphatic carbocycles. The van der Waals surface area contributed by atoms with Gasteiger partial charge in [0, 0.05) is 31.4 Å². The Morgan fingerprint density at radius 3 is 2.67 bits per heavy atom. The molecule has 0 atom stereocenters. The van der Waals surface area contributed by atoms with Crippen LogP contribution in [0.2, 0.25) is 0 Å². The first kappa shape index (κ1) is 17.5. The van der Waals surface area contributed by atoms with Crippen molar-refractivity contribution in [2.24, 2.45) is 0 Å². The van der Waals surface area contributed by atoms with Gasteiger partial charge in [0.05, 0.1) is 5.75 Å². The van der Waals surface area contributed by atoms with Gasteiger partial charge in [-0.15, -0.1) is 0 Å². The topological polar surface area (TPSA) is 78.5 Å². The van der Waals surface area contributed by atoms with E-state index in [4.69, 9.17) is 0 Å². The summed E-state index contributed by atoms with van der Waals surface area (Å²) in [6.45, 7) is 3.09. The van der Waals surface area contributed by atoms with E-state index < -0.39 is 10.0 Å². The van der Waals surface area contributed by atoms with Crippen LogP contribution in [0.5, 0.6) is 0 Å². The van der Waals surface area contributed by atoms with Crippen LogP contribution in [0.25, 0.3) is 0 Å². The molecule has 1 rings (SSSR count). The molecule has 0 fully saturated rings. The van der Waals surface area contributed by atoms with Crippen LogP contribution in [0.15, 0.2) is 24.3 Å². The molecule has 0 bridgehead atoms. The highest BCUT2D eigenvalue weighted by atomic mass is 32.2. The van der Waals surface area contributed by atoms with Crippen LogP contribution in [0.1, 0.15) is 23.7 Å². The molecule has 0 saturated carbocycles. The lowest BCUT2D eigenvalue weighted by molar-refractivity contribution is 0.0797. The molecule has 0 unspecified atom stereocenters. The Labute approximate surface area is 126 Å². The van der Waals surface area contributed by atoms with Gasteiger partial charge in [0.15, 0.2) is 0 Å². The monoisotopic (exact) mass is 313 g/mol. The summed E-state index contributed by atoms with van der Waals surface area (Å²) in [5.74, 6) is -0.0745. The number of benzene rings is 1. The number of sulfonamides is 1. The summed E-state index contributed by atoms with van der Waals surface area (Å²) in [5, 5.41) is 2.98. The van der Waals surface area contributed by atoms with E-state index in [0.717, 1.165) is 0 Å². The van der Waals surface area contributed by atoms with Crippen LogP contribution in [-0.4, -0.2) is 52.2 Å². The minimum absolute atomic E-state index is 0.0627. The minimum Gasteiger partial charge on any atom is -0.340 e. The number of nitrogens with one attached hydrogen (secondary N) is 2. The van der Waals surface area contributed by atoms with Gasteiger partial charge >= 0.3 is 0 Å². The van der Waals surface area contributed by atoms with E-state index in [9.17, 15) is 13.2 Å². The first-order chi connectivity index (χ1) is 9.89. The number of likely N-dealkylation sites (N-methyl/N-ethyl adjacent to an activating group) is 2. The number of nitrogens with zero attached hydrogens (tertiary/aromatic N) is 1. The zero-order chi connectivity index (χ0) is 15.9. The summed E-state index contributed by atoms with van der Waals surface area (Å²) in [6.07, 6.45) is 0.542. The molecule has 0 radical (unpaired) electrons. The summed E-state index contributed by atoms with van der Waals surface area (Å²) < 4.78 is 26.0. The number of hydrogen-bond donors (Lipinski definition) is 2. The fraction of sp³-hybridized carbons (Fsp3) is 0.500. The Kier molecular flexibility index (Phi) is 6.64. The molecule has 6 nitrogen and oxygen atoms in total. The van der Waals surface area contributed by atoms with Crippen molar-refractivity contribution in [3.63, 3.8) is 0 Å². The second kappa shape index (κ2) is 7.99. The van der Waals surface area contributed by atoms with Crippen molar-refractivity contribution in [3.05, 3.63) is 29.8 Å². The van der Waals surface area contributed by atoms with Crippen LogP contribution in [0.4, 0.5) is 5.69 Å². The first-order valence-electron chi connectivity index (χ1n) is 6.90. The zero-order valence-electron chi connectivity index (χ0n) is 12.7. The molecule has 0 spiro atoms. The van der Waals surface area contributed by atoms with E-state index in [1.54, 1.807) is 43.1 Å². The summed E-state index contributed by atoms with van der Waals surface area (Å²) in [6, 6.07) is 6.54. The van der Waals surface area contributed by atoms with Crippen molar-refractivity contribution < 1.29 is 13.2 Å². The van der Waals surface area contributed by atoms with Gasteiger partial charge in [-0.1, -0.05) is 13.0 Å². The number of carbonyl (C=O) groups excluding carboxylic acids is 1. The normalized spacial score (nSPS) is 11.2. The largest absolute Gasteiger partial charge is 0.340 e. The number of carbonyl (C=O) groups is 1. The highest BCUT2D eigenvalue weighted by Crippen LogP contribution is 2.14. The van der Waals surface area contributed by atoms with Crippen LogP contribution in [0, 0.1) is 0 Å². The fourth-order valence-electron chi connectivity index (χ4n) is 1.82. The molecule has 0 aromatic heterocycles. The predicted molar refractivity (Wildman–Crippen MR) is 85.0 cm³/mol. The highest BCUT2D eigenvalue weighted by Gasteiger charge is 2.13. The summed E-state index contributed by atoms with van der Waals surface area (Å²) in [7, 11) is 0.190. The molecule has 21 heavy (non-hydrogen) atoms. The van der Waals surface area contributed by atoms with Crippen molar-refractivity contribution in [3.8, 4) is 0 Å². The van der Waals surface area contributed by atoms with Crippen molar-refractivity contribution >= 4 is 21.6 Å². The standard InChI is InChI=1S/C14H23N3O3S/c1-4-10-21(19,20)16-13-7-5-6-12(11-13)14(18)17(3)9-8-15-2/h5-7,11,15-16H,4,8-10H2,1-3H3. The van der Waals surface area contributed by atoms with Gasteiger partial charge < -0.3 is 10.2 Å². The fourth-order valence-corrected chi connectivity index (χ4v) is 2.94. The molecular weight excluding hydrogens is 290 g/mol. The van der Waals surface area contributed by atoms with Gasteiger partial charge in [-0.2, -0.15) is 0 Å². The van der Waals surface area contributed by atoms with E-state index in [0.29, 0.717) is 30.8 Å². The molecule has 1 amide bonds. The Balaban J connectivity index is 2.83. The summed E-state index contributed by atoms with van der Waals surface area (Å²) in [5.41, 5.74) is 0.876. The average molecular weight is 313 g/mol. The van der Waals surface area contributed by atoms with Gasteiger partial charge in [-0.3, -0.25) is 9.52 Å². The number of rotatable bonds is 8. The Morgan fingerprint density at radius 1 is 1.33 bits per heavy atom. The maximum Gasteiger partial charge on any atom is 0.253 e. The van der Waals surface area contributed by atoms with Crippen molar-refractivity contribution in [2.45, 2.75) is 13.3 Å². The van der Waals surface area contributed by atoms with Gasteiger partial charge in [0.2, 0.25) is 10.0 Å². The van der Waals surface area contributed by atoms with E-state index in [1.807, 2.05) is 7.05 Å². The lowest BCUT2D eigenvalue weighted by Crippen LogP contribution is -2.32. The Bertz CT molecular complexity index is 573. The van der Waals surface area contributed by atoms with Crippen LogP contribution in [0.3, 0.4) is 0 Å². The third-order valence-electron chi connectivity index (χ3n) is 2.90. The van der Waals surface area contributed by atoms with Gasteiger partial charge in [-0.25, -0.2) is 8.42 Å². The van der Waals surface area contributed by atoms with Gasteiger partial charge in [0.25, 0.3) is 5.91 Å². The smallest absolute Gasteiger partial charge is 0.253 e. The van der Waals surface area contributed by atoms with Gasteiger partial charge in [0.1, 0.15) is 0 Å². The van der Waals surface area contributed by atoms with E-state index in [1.165, 1.54) is 0 Å². The third kappa shape index (κ3) is 5.73. The van der Waals surface area contributed by atoms with Crippen molar-refractivity contribution in [1.82, 2.24) is 10.2 Å². The van der Waals surface area contributed by atoms with Crippen LogP contribution >= 0.6 is 0 Å². The third-order valence-corrected chi connectivity index (χ3v) is 4.39. The molecule has 0 aliphatic heterocycles. The van der Waals surface area contributed by atoms with Crippen molar-refractivity contribution in [1.29, 1.82) is 0 Å². The van der Waals surface area contributed by atoms with Crippen LogP contribution < -0.4 is 10.0 Å². The molecule has 0 saturated heterocycles. The number of hydrogen-bond acceptors (Lipinski definition) is 4. The maximum atomic E-state index is 12.2. The van der Waals surface area contributed by atoms with E-state index >= 15 is 0 Å². The zero-order valence-corrected chi connectivity index (χ0v) is 13.5. The Hall–Kier alpha value is -1.60. The van der Waals surface area contributed by atoms with E-state index in [-0.39, 0.29) is 11.7 Å². The van der Waals surface area contributed by atoms with Crippen molar-refractivity contribution in [2.75, 3.05) is 37.7 Å². The second-order valence-corrected chi connectivity index (χ2v) is 6.67. The summed E-state index contributed by atoms with van der Waals surface area (Å²) in [4.78, 5) is 13.8. The lowest BCUT2D eigenvalue weighted by atomic mass is 10.2. The summed E-state index contributed by atoms with van der Waals surface area (Å²) >= 11 is 0. The highest BCUT2D eigenvalue weighted by molar-refractivity contribution is 7.92. The van der Waals surface area contributed by atoms with E-state index in [2.05, 4.69) is 10.0 Å². The number of amides is 1. The molecule has 0 heterocycles. The molecule has 2 N–H and O–H groups in total. The predicted octanol–water partition coefficient (Wildman–Crippen LogP) is 1.13. The van der Waals surface area contributed by atoms with Gasteiger partial charge in [-0.05, 0) is 31.7 Å². The second-order valence-electron chi connectivity index (χ2n) is 4.83. The SMILES string of the molecule is CCCS(=O)(=O)Nc1cccc(C(=O)N(C)CCNC)c1. The average Bonchev–Trinajstić information content (AvgIpc) is 2.43.